The molecule has 0 aliphatic carbocycles. The molecule has 128 valence electrons. The van der Waals surface area contributed by atoms with E-state index in [1.807, 2.05) is 6.92 Å². The van der Waals surface area contributed by atoms with Crippen molar-refractivity contribution >= 4 is 21.6 Å². The molecule has 23 heavy (non-hydrogen) atoms. The summed E-state index contributed by atoms with van der Waals surface area (Å²) in [5.74, 6) is -0.833. The second-order valence-electron chi connectivity index (χ2n) is 5.46. The Hall–Kier alpha value is -1.67. The number of urea groups is 1. The van der Waals surface area contributed by atoms with E-state index in [9.17, 15) is 17.6 Å². The fourth-order valence-corrected chi connectivity index (χ4v) is 3.44. The second-order valence-corrected chi connectivity index (χ2v) is 7.70. The average molecular weight is 344 g/mol. The standard InChI is InChI=1S/C15H21FN2O4S/c1-3-23(20,21)14-9-12(16)5-6-13(14)17-15(19)18-7-4-8-22-11(2)10-18/h5-6,9,11H,3-4,7-8,10H2,1-2H3,(H,17,19). The second kappa shape index (κ2) is 7.27. The number of sulfone groups is 1. The van der Waals surface area contributed by atoms with Gasteiger partial charge in [0.25, 0.3) is 0 Å². The van der Waals surface area contributed by atoms with E-state index in [0.717, 1.165) is 12.1 Å². The van der Waals surface area contributed by atoms with Crippen molar-refractivity contribution in [1.29, 1.82) is 0 Å². The van der Waals surface area contributed by atoms with Crippen LogP contribution < -0.4 is 5.32 Å². The predicted molar refractivity (Wildman–Crippen MR) is 84.7 cm³/mol. The van der Waals surface area contributed by atoms with Crippen molar-refractivity contribution in [2.24, 2.45) is 0 Å². The molecule has 0 aromatic heterocycles. The summed E-state index contributed by atoms with van der Waals surface area (Å²) in [7, 11) is -3.64. The number of benzene rings is 1. The first-order chi connectivity index (χ1) is 10.8. The number of hydrogen-bond acceptors (Lipinski definition) is 4. The van der Waals surface area contributed by atoms with Gasteiger partial charge in [-0.3, -0.25) is 0 Å². The number of nitrogens with zero attached hydrogens (tertiary/aromatic N) is 1. The molecule has 0 spiro atoms. The SMILES string of the molecule is CCS(=O)(=O)c1cc(F)ccc1NC(=O)N1CCCOC(C)C1. The number of ether oxygens (including phenoxy) is 1. The highest BCUT2D eigenvalue weighted by molar-refractivity contribution is 7.91. The Morgan fingerprint density at radius 2 is 2.22 bits per heavy atom. The molecular formula is C15H21FN2O4S. The van der Waals surface area contributed by atoms with Gasteiger partial charge in [-0.25, -0.2) is 17.6 Å². The first kappa shape index (κ1) is 17.7. The minimum absolute atomic E-state index is 0.0877. The number of halogens is 1. The van der Waals surface area contributed by atoms with Crippen molar-refractivity contribution in [1.82, 2.24) is 4.90 Å². The first-order valence-corrected chi connectivity index (χ1v) is 9.18. The largest absolute Gasteiger partial charge is 0.377 e. The van der Waals surface area contributed by atoms with E-state index in [2.05, 4.69) is 5.32 Å². The van der Waals surface area contributed by atoms with Crippen LogP contribution >= 0.6 is 0 Å². The lowest BCUT2D eigenvalue weighted by atomic mass is 10.3. The van der Waals surface area contributed by atoms with Gasteiger partial charge in [-0.15, -0.1) is 0 Å². The molecule has 1 atom stereocenters. The van der Waals surface area contributed by atoms with E-state index in [0.29, 0.717) is 26.1 Å². The maximum Gasteiger partial charge on any atom is 0.321 e. The highest BCUT2D eigenvalue weighted by Crippen LogP contribution is 2.24. The van der Waals surface area contributed by atoms with Crippen LogP contribution in [0.5, 0.6) is 0 Å². The zero-order valence-electron chi connectivity index (χ0n) is 13.2. The van der Waals surface area contributed by atoms with Crippen LogP contribution in [-0.2, 0) is 14.6 Å². The van der Waals surface area contributed by atoms with Gasteiger partial charge in [0.2, 0.25) is 0 Å². The average Bonchev–Trinajstić information content (AvgIpc) is 2.73. The summed E-state index contributed by atoms with van der Waals surface area (Å²) >= 11 is 0. The third kappa shape index (κ3) is 4.42. The van der Waals surface area contributed by atoms with Crippen LogP contribution in [0.1, 0.15) is 20.3 Å². The molecule has 0 radical (unpaired) electrons. The van der Waals surface area contributed by atoms with Crippen molar-refractivity contribution < 1.29 is 22.3 Å². The van der Waals surface area contributed by atoms with Crippen LogP contribution in [-0.4, -0.2) is 50.9 Å². The maximum atomic E-state index is 13.4. The summed E-state index contributed by atoms with van der Waals surface area (Å²) in [5, 5.41) is 2.58. The van der Waals surface area contributed by atoms with Crippen LogP contribution in [0.2, 0.25) is 0 Å². The molecule has 1 aliphatic heterocycles. The smallest absolute Gasteiger partial charge is 0.321 e. The van der Waals surface area contributed by atoms with Gasteiger partial charge in [0.15, 0.2) is 9.84 Å². The van der Waals surface area contributed by atoms with Crippen LogP contribution in [0.4, 0.5) is 14.9 Å². The molecule has 1 aromatic rings. The number of carbonyl (C=O) groups excluding carboxylic acids is 1. The Labute approximate surface area is 135 Å². The highest BCUT2D eigenvalue weighted by Gasteiger charge is 2.23. The molecule has 2 rings (SSSR count). The molecule has 1 heterocycles. The summed E-state index contributed by atoms with van der Waals surface area (Å²) in [4.78, 5) is 13.8. The molecular weight excluding hydrogens is 323 g/mol. The predicted octanol–water partition coefficient (Wildman–Crippen LogP) is 2.26. The fraction of sp³-hybridized carbons (Fsp3) is 0.533. The number of hydrogen-bond donors (Lipinski definition) is 1. The van der Waals surface area contributed by atoms with Gasteiger partial charge < -0.3 is 15.0 Å². The molecule has 1 fully saturated rings. The third-order valence-corrected chi connectivity index (χ3v) is 5.41. The first-order valence-electron chi connectivity index (χ1n) is 7.53. The lowest BCUT2D eigenvalue weighted by molar-refractivity contribution is 0.0718. The lowest BCUT2D eigenvalue weighted by Crippen LogP contribution is -2.39. The summed E-state index contributed by atoms with van der Waals surface area (Å²) in [5.41, 5.74) is 0.0936. The lowest BCUT2D eigenvalue weighted by Gasteiger charge is -2.23. The topological polar surface area (TPSA) is 75.7 Å². The molecule has 0 bridgehead atoms. The number of nitrogens with one attached hydrogen (secondary N) is 1. The fourth-order valence-electron chi connectivity index (χ4n) is 2.39. The Morgan fingerprint density at radius 1 is 1.48 bits per heavy atom. The minimum atomic E-state index is -3.64. The van der Waals surface area contributed by atoms with E-state index in [-0.39, 0.29) is 22.4 Å². The monoisotopic (exact) mass is 344 g/mol. The van der Waals surface area contributed by atoms with Crippen molar-refractivity contribution in [3.8, 4) is 0 Å². The molecule has 1 N–H and O–H groups in total. The Morgan fingerprint density at radius 3 is 2.91 bits per heavy atom. The quantitative estimate of drug-likeness (QED) is 0.913. The van der Waals surface area contributed by atoms with E-state index in [1.54, 1.807) is 4.90 Å². The molecule has 1 unspecified atom stereocenters. The molecule has 1 aromatic carbocycles. The number of anilines is 1. The molecule has 2 amide bonds. The summed E-state index contributed by atoms with van der Waals surface area (Å²) in [6, 6.07) is 2.91. The summed E-state index contributed by atoms with van der Waals surface area (Å²) in [6.07, 6.45) is 0.622. The van der Waals surface area contributed by atoms with Gasteiger partial charge in [0, 0.05) is 19.7 Å². The van der Waals surface area contributed by atoms with Gasteiger partial charge in [-0.05, 0) is 31.5 Å². The maximum absolute atomic E-state index is 13.4. The van der Waals surface area contributed by atoms with Crippen LogP contribution in [0.3, 0.4) is 0 Å². The number of carbonyl (C=O) groups is 1. The molecule has 1 aliphatic rings. The minimum Gasteiger partial charge on any atom is -0.377 e. The number of amides is 2. The van der Waals surface area contributed by atoms with Crippen LogP contribution in [0.25, 0.3) is 0 Å². The van der Waals surface area contributed by atoms with Gasteiger partial charge in [-0.1, -0.05) is 6.92 Å². The van der Waals surface area contributed by atoms with E-state index in [4.69, 9.17) is 4.74 Å². The molecule has 8 heteroatoms. The van der Waals surface area contributed by atoms with Gasteiger partial charge in [-0.2, -0.15) is 0 Å². The van der Waals surface area contributed by atoms with Crippen LogP contribution in [0.15, 0.2) is 23.1 Å². The normalized spacial score (nSPS) is 19.3. The Bertz CT molecular complexity index is 678. The van der Waals surface area contributed by atoms with Crippen molar-refractivity contribution in [2.45, 2.75) is 31.3 Å². The van der Waals surface area contributed by atoms with E-state index >= 15 is 0 Å². The highest BCUT2D eigenvalue weighted by atomic mass is 32.2. The van der Waals surface area contributed by atoms with Gasteiger partial charge in [0.05, 0.1) is 22.4 Å². The Kier molecular flexibility index (Phi) is 5.59. The summed E-state index contributed by atoms with van der Waals surface area (Å²) in [6.45, 7) is 4.86. The Balaban J connectivity index is 2.24. The van der Waals surface area contributed by atoms with Crippen molar-refractivity contribution in [2.75, 3.05) is 30.8 Å². The molecule has 1 saturated heterocycles. The van der Waals surface area contributed by atoms with Crippen LogP contribution in [0, 0.1) is 5.82 Å². The zero-order valence-corrected chi connectivity index (χ0v) is 14.0. The number of rotatable bonds is 3. The third-order valence-electron chi connectivity index (χ3n) is 3.64. The molecule has 0 saturated carbocycles. The van der Waals surface area contributed by atoms with Gasteiger partial charge in [0.1, 0.15) is 5.82 Å². The summed E-state index contributed by atoms with van der Waals surface area (Å²) < 4.78 is 43.1. The van der Waals surface area contributed by atoms with Crippen molar-refractivity contribution in [3.63, 3.8) is 0 Å². The van der Waals surface area contributed by atoms with Crippen molar-refractivity contribution in [3.05, 3.63) is 24.0 Å². The van der Waals surface area contributed by atoms with E-state index < -0.39 is 21.7 Å². The van der Waals surface area contributed by atoms with E-state index in [1.165, 1.54) is 13.0 Å². The van der Waals surface area contributed by atoms with Gasteiger partial charge >= 0.3 is 6.03 Å². The zero-order chi connectivity index (χ0) is 17.0. The molecule has 6 nitrogen and oxygen atoms in total.